The second kappa shape index (κ2) is 7.48. The Balaban J connectivity index is 1.63. The fourth-order valence-electron chi connectivity index (χ4n) is 3.16. The van der Waals surface area contributed by atoms with Gasteiger partial charge in [0.15, 0.2) is 0 Å². The van der Waals surface area contributed by atoms with Crippen molar-refractivity contribution in [2.75, 3.05) is 5.32 Å². The minimum Gasteiger partial charge on any atom is -0.368 e. The van der Waals surface area contributed by atoms with Gasteiger partial charge in [0.05, 0.1) is 17.9 Å². The van der Waals surface area contributed by atoms with Crippen LogP contribution in [0.5, 0.6) is 0 Å². The van der Waals surface area contributed by atoms with Gasteiger partial charge in [0, 0.05) is 11.1 Å². The van der Waals surface area contributed by atoms with E-state index in [4.69, 9.17) is 5.73 Å². The predicted molar refractivity (Wildman–Crippen MR) is 92.6 cm³/mol. The molecule has 4 N–H and O–H groups in total. The van der Waals surface area contributed by atoms with Crippen LogP contribution in [0.25, 0.3) is 0 Å². The summed E-state index contributed by atoms with van der Waals surface area (Å²) in [6.45, 7) is -0.0107. The fraction of sp³-hybridized carbons (Fsp3) is 0.438. The summed E-state index contributed by atoms with van der Waals surface area (Å²) in [5.74, 6) is 0.0000733. The van der Waals surface area contributed by atoms with Crippen LogP contribution in [-0.4, -0.2) is 21.7 Å². The number of nitrogens with one attached hydrogen (secondary N) is 2. The zero-order valence-corrected chi connectivity index (χ0v) is 14.1. The standard InChI is InChI=1S/C16H21N5O2S/c17-14(22)10-21-9-12(8-18-21)19-16(23)20-15(11-4-1-2-5-11)13-6-3-7-24-13/h3,6-9,11,15H,1-2,4-5,10H2,(H2,17,22)(H2,19,20,23). The smallest absolute Gasteiger partial charge is 0.319 e. The Morgan fingerprint density at radius 3 is 2.88 bits per heavy atom. The molecule has 2 heterocycles. The van der Waals surface area contributed by atoms with Crippen molar-refractivity contribution in [1.82, 2.24) is 15.1 Å². The van der Waals surface area contributed by atoms with Gasteiger partial charge in [0.2, 0.25) is 5.91 Å². The minimum atomic E-state index is -0.479. The molecule has 2 aromatic heterocycles. The lowest BCUT2D eigenvalue weighted by Gasteiger charge is -2.23. The second-order valence-electron chi connectivity index (χ2n) is 6.03. The average molecular weight is 347 g/mol. The number of aromatic nitrogens is 2. The molecule has 1 atom stereocenters. The number of carbonyl (C=O) groups excluding carboxylic acids is 2. The van der Waals surface area contributed by atoms with Gasteiger partial charge in [-0.1, -0.05) is 18.9 Å². The number of nitrogens with zero attached hydrogens (tertiary/aromatic N) is 2. The highest BCUT2D eigenvalue weighted by atomic mass is 32.1. The molecule has 128 valence electrons. The van der Waals surface area contributed by atoms with E-state index >= 15 is 0 Å². The quantitative estimate of drug-likeness (QED) is 0.748. The molecule has 1 aliphatic carbocycles. The monoisotopic (exact) mass is 347 g/mol. The molecule has 1 unspecified atom stereocenters. The van der Waals surface area contributed by atoms with E-state index < -0.39 is 5.91 Å². The molecular formula is C16H21N5O2S. The first-order valence-corrected chi connectivity index (χ1v) is 8.91. The average Bonchev–Trinajstić information content (AvgIpc) is 3.27. The van der Waals surface area contributed by atoms with Crippen molar-refractivity contribution in [3.8, 4) is 0 Å². The first-order chi connectivity index (χ1) is 11.6. The van der Waals surface area contributed by atoms with E-state index in [1.165, 1.54) is 28.6 Å². The van der Waals surface area contributed by atoms with Crippen LogP contribution < -0.4 is 16.4 Å². The minimum absolute atomic E-state index is 0.0107. The number of amides is 3. The van der Waals surface area contributed by atoms with E-state index in [-0.39, 0.29) is 18.6 Å². The normalized spacial score (nSPS) is 16.0. The van der Waals surface area contributed by atoms with Crippen molar-refractivity contribution >= 4 is 29.0 Å². The van der Waals surface area contributed by atoms with Crippen LogP contribution in [0.2, 0.25) is 0 Å². The highest BCUT2D eigenvalue weighted by Crippen LogP contribution is 2.37. The fourth-order valence-corrected chi connectivity index (χ4v) is 4.03. The maximum Gasteiger partial charge on any atom is 0.319 e. The number of primary amides is 1. The molecule has 0 spiro atoms. The lowest BCUT2D eigenvalue weighted by Crippen LogP contribution is -2.35. The molecule has 0 bridgehead atoms. The number of rotatable bonds is 6. The lowest BCUT2D eigenvalue weighted by atomic mass is 9.97. The molecule has 3 amide bonds. The summed E-state index contributed by atoms with van der Waals surface area (Å²) in [6.07, 6.45) is 7.79. The number of urea groups is 1. The van der Waals surface area contributed by atoms with Gasteiger partial charge < -0.3 is 16.4 Å². The number of anilines is 1. The largest absolute Gasteiger partial charge is 0.368 e. The van der Waals surface area contributed by atoms with Crippen molar-refractivity contribution in [2.24, 2.45) is 11.7 Å². The molecule has 1 fully saturated rings. The van der Waals surface area contributed by atoms with Gasteiger partial charge in [-0.3, -0.25) is 9.48 Å². The van der Waals surface area contributed by atoms with Crippen LogP contribution in [0.3, 0.4) is 0 Å². The molecule has 8 heteroatoms. The second-order valence-corrected chi connectivity index (χ2v) is 7.01. The Labute approximate surface area is 144 Å². The first-order valence-electron chi connectivity index (χ1n) is 8.03. The van der Waals surface area contributed by atoms with Crippen molar-refractivity contribution < 1.29 is 9.59 Å². The summed E-state index contributed by atoms with van der Waals surface area (Å²) in [7, 11) is 0. The van der Waals surface area contributed by atoms with Crippen LogP contribution in [0.15, 0.2) is 29.9 Å². The molecule has 3 rings (SSSR count). The molecule has 2 aromatic rings. The Bertz CT molecular complexity index is 691. The van der Waals surface area contributed by atoms with Crippen molar-refractivity contribution in [3.05, 3.63) is 34.8 Å². The van der Waals surface area contributed by atoms with E-state index in [2.05, 4.69) is 21.8 Å². The Kier molecular flexibility index (Phi) is 5.14. The summed E-state index contributed by atoms with van der Waals surface area (Å²) < 4.78 is 1.39. The van der Waals surface area contributed by atoms with Gasteiger partial charge in [0.25, 0.3) is 0 Å². The van der Waals surface area contributed by atoms with E-state index in [0.29, 0.717) is 11.6 Å². The maximum absolute atomic E-state index is 12.4. The molecule has 0 saturated heterocycles. The summed E-state index contributed by atoms with van der Waals surface area (Å²) in [5.41, 5.74) is 5.66. The molecular weight excluding hydrogens is 326 g/mol. The molecule has 0 aliphatic heterocycles. The molecule has 24 heavy (non-hydrogen) atoms. The first kappa shape index (κ1) is 16.5. The van der Waals surface area contributed by atoms with Crippen LogP contribution in [0.1, 0.15) is 36.6 Å². The predicted octanol–water partition coefficient (Wildman–Crippen LogP) is 2.48. The number of thiophene rings is 1. The topological polar surface area (TPSA) is 102 Å². The molecule has 0 aromatic carbocycles. The van der Waals surface area contributed by atoms with E-state index in [9.17, 15) is 9.59 Å². The van der Waals surface area contributed by atoms with Gasteiger partial charge in [-0.05, 0) is 30.2 Å². The third-order valence-electron chi connectivity index (χ3n) is 4.22. The van der Waals surface area contributed by atoms with Gasteiger partial charge in [-0.2, -0.15) is 5.10 Å². The van der Waals surface area contributed by atoms with Crippen molar-refractivity contribution in [3.63, 3.8) is 0 Å². The van der Waals surface area contributed by atoms with Crippen LogP contribution in [0.4, 0.5) is 10.5 Å². The molecule has 1 aliphatic rings. The van der Waals surface area contributed by atoms with Crippen LogP contribution in [0, 0.1) is 5.92 Å². The summed E-state index contributed by atoms with van der Waals surface area (Å²) >= 11 is 1.67. The van der Waals surface area contributed by atoms with E-state index in [1.54, 1.807) is 17.5 Å². The van der Waals surface area contributed by atoms with E-state index in [1.807, 2.05) is 11.4 Å². The third-order valence-corrected chi connectivity index (χ3v) is 5.17. The lowest BCUT2D eigenvalue weighted by molar-refractivity contribution is -0.118. The third kappa shape index (κ3) is 4.14. The Morgan fingerprint density at radius 1 is 1.42 bits per heavy atom. The zero-order valence-electron chi connectivity index (χ0n) is 13.3. The SMILES string of the molecule is NC(=O)Cn1cc(NC(=O)NC(c2cccs2)C2CCCC2)cn1. The Hall–Kier alpha value is -2.35. The van der Waals surface area contributed by atoms with Crippen molar-refractivity contribution in [1.29, 1.82) is 0 Å². The van der Waals surface area contributed by atoms with E-state index in [0.717, 1.165) is 12.8 Å². The summed E-state index contributed by atoms with van der Waals surface area (Å²) in [6, 6.07) is 3.85. The highest BCUT2D eigenvalue weighted by molar-refractivity contribution is 7.10. The number of hydrogen-bond acceptors (Lipinski definition) is 4. The van der Waals surface area contributed by atoms with Gasteiger partial charge in [-0.15, -0.1) is 11.3 Å². The molecule has 0 radical (unpaired) electrons. The summed E-state index contributed by atoms with van der Waals surface area (Å²) in [5, 5.41) is 11.9. The van der Waals surface area contributed by atoms with Crippen LogP contribution in [-0.2, 0) is 11.3 Å². The molecule has 1 saturated carbocycles. The van der Waals surface area contributed by atoms with Gasteiger partial charge in [0.1, 0.15) is 6.54 Å². The number of nitrogens with two attached hydrogens (primary N) is 1. The Morgan fingerprint density at radius 2 is 2.21 bits per heavy atom. The summed E-state index contributed by atoms with van der Waals surface area (Å²) in [4.78, 5) is 24.4. The van der Waals surface area contributed by atoms with Crippen molar-refractivity contribution in [2.45, 2.75) is 38.3 Å². The highest BCUT2D eigenvalue weighted by Gasteiger charge is 2.28. The zero-order chi connectivity index (χ0) is 16.9. The number of hydrogen-bond donors (Lipinski definition) is 3. The van der Waals surface area contributed by atoms with Gasteiger partial charge in [-0.25, -0.2) is 4.79 Å². The number of carbonyl (C=O) groups is 2. The van der Waals surface area contributed by atoms with Crippen LogP contribution >= 0.6 is 11.3 Å². The van der Waals surface area contributed by atoms with Gasteiger partial charge >= 0.3 is 6.03 Å². The maximum atomic E-state index is 12.4. The molecule has 7 nitrogen and oxygen atoms in total.